The lowest BCUT2D eigenvalue weighted by atomic mass is 9.62. The van der Waals surface area contributed by atoms with Gasteiger partial charge in [-0.2, -0.15) is 0 Å². The summed E-state index contributed by atoms with van der Waals surface area (Å²) in [4.78, 5) is 24.6. The number of carbonyl (C=O) groups is 2. The first-order chi connectivity index (χ1) is 11.6. The molecule has 0 heterocycles. The van der Waals surface area contributed by atoms with Crippen molar-refractivity contribution in [2.75, 3.05) is 6.61 Å². The van der Waals surface area contributed by atoms with Crippen molar-refractivity contribution < 1.29 is 19.4 Å². The standard InChI is InChI=1S/C20H24O4/c21-17-9-6-12-20(23)18(22)10-13-19(17,20)11-4-5-14-24-15-16-7-2-1-3-8-16/h1-5,7-8,23H,6,9-15H2/b5-4+/t19-,20+/m1/s1. The van der Waals surface area contributed by atoms with Crippen LogP contribution in [0.15, 0.2) is 42.5 Å². The number of benzene rings is 1. The van der Waals surface area contributed by atoms with Gasteiger partial charge < -0.3 is 9.84 Å². The Morgan fingerprint density at radius 2 is 1.83 bits per heavy atom. The van der Waals surface area contributed by atoms with Gasteiger partial charge in [0, 0.05) is 12.8 Å². The predicted molar refractivity (Wildman–Crippen MR) is 90.3 cm³/mol. The molecule has 0 aliphatic heterocycles. The zero-order chi connectivity index (χ0) is 17.0. The van der Waals surface area contributed by atoms with Gasteiger partial charge in [0.25, 0.3) is 0 Å². The van der Waals surface area contributed by atoms with E-state index in [1.807, 2.05) is 42.5 Å². The van der Waals surface area contributed by atoms with Crippen LogP contribution in [-0.2, 0) is 20.9 Å². The molecule has 0 unspecified atom stereocenters. The van der Waals surface area contributed by atoms with E-state index in [9.17, 15) is 14.7 Å². The molecule has 2 saturated carbocycles. The second-order valence-electron chi connectivity index (χ2n) is 6.82. The zero-order valence-corrected chi connectivity index (χ0v) is 13.9. The Hall–Kier alpha value is -1.78. The monoisotopic (exact) mass is 328 g/mol. The number of Topliss-reactive ketones (excluding diaryl/α,β-unsaturated/α-hetero) is 2. The van der Waals surface area contributed by atoms with Crippen molar-refractivity contribution in [1.29, 1.82) is 0 Å². The number of aliphatic hydroxyl groups is 1. The van der Waals surface area contributed by atoms with E-state index in [1.165, 1.54) is 0 Å². The Morgan fingerprint density at radius 1 is 1.04 bits per heavy atom. The maximum Gasteiger partial charge on any atom is 0.165 e. The van der Waals surface area contributed by atoms with Gasteiger partial charge in [-0.3, -0.25) is 9.59 Å². The van der Waals surface area contributed by atoms with Gasteiger partial charge in [0.1, 0.15) is 11.4 Å². The van der Waals surface area contributed by atoms with E-state index in [0.717, 1.165) is 5.56 Å². The average Bonchev–Trinajstić information content (AvgIpc) is 2.85. The highest BCUT2D eigenvalue weighted by Gasteiger charge is 2.63. The van der Waals surface area contributed by atoms with Crippen molar-refractivity contribution in [1.82, 2.24) is 0 Å². The van der Waals surface area contributed by atoms with E-state index in [4.69, 9.17) is 4.74 Å². The van der Waals surface area contributed by atoms with E-state index in [-0.39, 0.29) is 11.6 Å². The van der Waals surface area contributed by atoms with Crippen LogP contribution in [0.2, 0.25) is 0 Å². The number of hydrogen-bond donors (Lipinski definition) is 1. The summed E-state index contributed by atoms with van der Waals surface area (Å²) in [5, 5.41) is 10.8. The SMILES string of the molecule is O=C1CCC[C@]2(O)C(=O)CC[C@]12C/C=C/COCc1ccccc1. The third-order valence-corrected chi connectivity index (χ3v) is 5.47. The normalized spacial score (nSPS) is 30.0. The summed E-state index contributed by atoms with van der Waals surface area (Å²) in [6.07, 6.45) is 6.44. The fourth-order valence-corrected chi connectivity index (χ4v) is 4.06. The second-order valence-corrected chi connectivity index (χ2v) is 6.82. The van der Waals surface area contributed by atoms with Crippen LogP contribution >= 0.6 is 0 Å². The lowest BCUT2D eigenvalue weighted by Crippen LogP contribution is -2.55. The Labute approximate surface area is 142 Å². The molecule has 0 spiro atoms. The number of hydrogen-bond acceptors (Lipinski definition) is 4. The first kappa shape index (κ1) is 17.1. The molecular formula is C20H24O4. The fourth-order valence-electron chi connectivity index (χ4n) is 4.06. The highest BCUT2D eigenvalue weighted by atomic mass is 16.5. The molecule has 0 aromatic heterocycles. The lowest BCUT2D eigenvalue weighted by molar-refractivity contribution is -0.161. The van der Waals surface area contributed by atoms with Crippen LogP contribution in [0.1, 0.15) is 44.1 Å². The summed E-state index contributed by atoms with van der Waals surface area (Å²) in [5.74, 6) is -0.124. The molecule has 2 atom stereocenters. The number of ketones is 2. The molecule has 0 radical (unpaired) electrons. The Balaban J connectivity index is 1.56. The van der Waals surface area contributed by atoms with Crippen molar-refractivity contribution in [3.05, 3.63) is 48.0 Å². The van der Waals surface area contributed by atoms with Gasteiger partial charge in [0.15, 0.2) is 5.78 Å². The van der Waals surface area contributed by atoms with Crippen LogP contribution < -0.4 is 0 Å². The molecule has 2 aliphatic rings. The van der Waals surface area contributed by atoms with E-state index in [1.54, 1.807) is 0 Å². The van der Waals surface area contributed by atoms with Crippen molar-refractivity contribution in [3.63, 3.8) is 0 Å². The van der Waals surface area contributed by atoms with Crippen LogP contribution in [0.3, 0.4) is 0 Å². The number of ether oxygens (including phenoxy) is 1. The Kier molecular flexibility index (Phi) is 4.97. The van der Waals surface area contributed by atoms with Gasteiger partial charge in [-0.05, 0) is 31.2 Å². The Bertz CT molecular complexity index is 636. The molecule has 1 aromatic rings. The topological polar surface area (TPSA) is 63.6 Å². The van der Waals surface area contributed by atoms with Gasteiger partial charge in [-0.25, -0.2) is 0 Å². The van der Waals surface area contributed by atoms with Crippen LogP contribution in [0.25, 0.3) is 0 Å². The first-order valence-corrected chi connectivity index (χ1v) is 8.64. The van der Waals surface area contributed by atoms with Gasteiger partial charge in [-0.15, -0.1) is 0 Å². The predicted octanol–water partition coefficient (Wildman–Crippen LogP) is 2.98. The first-order valence-electron chi connectivity index (χ1n) is 8.64. The van der Waals surface area contributed by atoms with Crippen molar-refractivity contribution in [2.45, 2.75) is 50.7 Å². The minimum Gasteiger partial charge on any atom is -0.381 e. The van der Waals surface area contributed by atoms with Crippen LogP contribution in [0.4, 0.5) is 0 Å². The van der Waals surface area contributed by atoms with E-state index >= 15 is 0 Å². The molecule has 0 bridgehead atoms. The molecule has 2 fully saturated rings. The summed E-state index contributed by atoms with van der Waals surface area (Å²) in [6.45, 7) is 0.989. The van der Waals surface area contributed by atoms with Gasteiger partial charge in [-0.1, -0.05) is 42.5 Å². The molecule has 24 heavy (non-hydrogen) atoms. The zero-order valence-electron chi connectivity index (χ0n) is 13.9. The van der Waals surface area contributed by atoms with Crippen LogP contribution in [-0.4, -0.2) is 28.9 Å². The van der Waals surface area contributed by atoms with E-state index in [0.29, 0.717) is 51.7 Å². The molecule has 3 rings (SSSR count). The van der Waals surface area contributed by atoms with Gasteiger partial charge in [0.2, 0.25) is 0 Å². The highest BCUT2D eigenvalue weighted by Crippen LogP contribution is 2.53. The maximum absolute atomic E-state index is 12.5. The average molecular weight is 328 g/mol. The number of fused-ring (bicyclic) bond motifs is 1. The molecular weight excluding hydrogens is 304 g/mol. The molecule has 1 aromatic carbocycles. The second kappa shape index (κ2) is 6.99. The maximum atomic E-state index is 12.5. The van der Waals surface area contributed by atoms with Crippen LogP contribution in [0, 0.1) is 5.41 Å². The number of rotatable bonds is 6. The molecule has 0 saturated heterocycles. The smallest absolute Gasteiger partial charge is 0.165 e. The molecule has 1 N–H and O–H groups in total. The summed E-state index contributed by atoms with van der Waals surface area (Å²) in [7, 11) is 0. The van der Waals surface area contributed by atoms with E-state index in [2.05, 4.69) is 0 Å². The largest absolute Gasteiger partial charge is 0.381 e. The van der Waals surface area contributed by atoms with Gasteiger partial charge >= 0.3 is 0 Å². The Morgan fingerprint density at radius 3 is 2.62 bits per heavy atom. The molecule has 4 nitrogen and oxygen atoms in total. The summed E-state index contributed by atoms with van der Waals surface area (Å²) >= 11 is 0. The minimum atomic E-state index is -1.45. The third kappa shape index (κ3) is 2.96. The number of allylic oxidation sites excluding steroid dienone is 1. The summed E-state index contributed by atoms with van der Waals surface area (Å²) in [6, 6.07) is 9.93. The quantitative estimate of drug-likeness (QED) is 0.644. The molecule has 0 amide bonds. The summed E-state index contributed by atoms with van der Waals surface area (Å²) in [5.41, 5.74) is -1.24. The van der Waals surface area contributed by atoms with Gasteiger partial charge in [0.05, 0.1) is 18.6 Å². The third-order valence-electron chi connectivity index (χ3n) is 5.47. The lowest BCUT2D eigenvalue weighted by Gasteiger charge is -2.42. The fraction of sp³-hybridized carbons (Fsp3) is 0.500. The summed E-state index contributed by atoms with van der Waals surface area (Å²) < 4.78 is 5.59. The van der Waals surface area contributed by atoms with Crippen molar-refractivity contribution in [3.8, 4) is 0 Å². The molecule has 128 valence electrons. The van der Waals surface area contributed by atoms with Crippen molar-refractivity contribution in [2.24, 2.45) is 5.41 Å². The number of carbonyl (C=O) groups excluding carboxylic acids is 2. The van der Waals surface area contributed by atoms with Crippen molar-refractivity contribution >= 4 is 11.6 Å². The van der Waals surface area contributed by atoms with Crippen LogP contribution in [0.5, 0.6) is 0 Å². The minimum absolute atomic E-state index is 0.0388. The highest BCUT2D eigenvalue weighted by molar-refractivity contribution is 6.01. The molecule has 2 aliphatic carbocycles. The molecule has 4 heteroatoms. The van der Waals surface area contributed by atoms with E-state index < -0.39 is 11.0 Å².